The van der Waals surface area contributed by atoms with E-state index < -0.39 is 0 Å². The van der Waals surface area contributed by atoms with Gasteiger partial charge < -0.3 is 15.1 Å². The fourth-order valence-electron chi connectivity index (χ4n) is 2.76. The molecular formula is C14H29N3. The third kappa shape index (κ3) is 4.94. The predicted octanol–water partition coefficient (Wildman–Crippen LogP) is 1.54. The van der Waals surface area contributed by atoms with Crippen LogP contribution in [-0.4, -0.2) is 62.2 Å². The summed E-state index contributed by atoms with van der Waals surface area (Å²) in [7, 11) is 4.55. The van der Waals surface area contributed by atoms with Crippen LogP contribution in [0.1, 0.15) is 38.5 Å². The van der Waals surface area contributed by atoms with E-state index in [0.717, 1.165) is 12.1 Å². The van der Waals surface area contributed by atoms with Gasteiger partial charge in [-0.2, -0.15) is 0 Å². The third-order valence-electron chi connectivity index (χ3n) is 4.17. The summed E-state index contributed by atoms with van der Waals surface area (Å²) in [5.41, 5.74) is 0. The van der Waals surface area contributed by atoms with Crippen LogP contribution in [-0.2, 0) is 0 Å². The molecule has 0 aromatic carbocycles. The average molecular weight is 239 g/mol. The minimum atomic E-state index is 0.796. The van der Waals surface area contributed by atoms with Crippen molar-refractivity contribution in [2.45, 2.75) is 50.6 Å². The minimum Gasteiger partial charge on any atom is -0.314 e. The Bertz CT molecular complexity index is 216. The molecule has 0 aromatic rings. The first kappa shape index (κ1) is 13.3. The van der Waals surface area contributed by atoms with E-state index in [0.29, 0.717) is 0 Å². The maximum absolute atomic E-state index is 3.59. The zero-order chi connectivity index (χ0) is 12.1. The van der Waals surface area contributed by atoms with Crippen molar-refractivity contribution in [2.24, 2.45) is 0 Å². The number of nitrogens with zero attached hydrogens (tertiary/aromatic N) is 2. The molecule has 0 spiro atoms. The molecule has 100 valence electrons. The zero-order valence-corrected chi connectivity index (χ0v) is 11.6. The van der Waals surface area contributed by atoms with Gasteiger partial charge in [-0.05, 0) is 72.3 Å². The molecule has 1 N–H and O–H groups in total. The molecule has 1 saturated carbocycles. The fourth-order valence-corrected chi connectivity index (χ4v) is 2.76. The summed E-state index contributed by atoms with van der Waals surface area (Å²) in [4.78, 5) is 5.05. The maximum atomic E-state index is 3.59. The van der Waals surface area contributed by atoms with Gasteiger partial charge in [-0.1, -0.05) is 0 Å². The quantitative estimate of drug-likeness (QED) is 0.680. The van der Waals surface area contributed by atoms with Crippen molar-refractivity contribution in [3.05, 3.63) is 0 Å². The van der Waals surface area contributed by atoms with E-state index in [1.165, 1.54) is 64.7 Å². The number of rotatable bonds is 7. The topological polar surface area (TPSA) is 18.5 Å². The van der Waals surface area contributed by atoms with Crippen LogP contribution in [0.25, 0.3) is 0 Å². The van der Waals surface area contributed by atoms with Crippen LogP contribution >= 0.6 is 0 Å². The molecule has 1 unspecified atom stereocenters. The molecule has 2 fully saturated rings. The van der Waals surface area contributed by atoms with Crippen molar-refractivity contribution in [2.75, 3.05) is 40.3 Å². The van der Waals surface area contributed by atoms with Gasteiger partial charge in [0.2, 0.25) is 0 Å². The summed E-state index contributed by atoms with van der Waals surface area (Å²) < 4.78 is 0. The molecule has 0 amide bonds. The molecule has 1 saturated heterocycles. The molecule has 3 nitrogen and oxygen atoms in total. The van der Waals surface area contributed by atoms with Gasteiger partial charge in [0, 0.05) is 18.6 Å². The summed E-state index contributed by atoms with van der Waals surface area (Å²) in [6.07, 6.45) is 8.26. The molecule has 2 aliphatic rings. The molecule has 0 bridgehead atoms. The molecule has 1 aliphatic carbocycles. The molecule has 1 atom stereocenters. The van der Waals surface area contributed by atoms with Gasteiger partial charge in [0.05, 0.1) is 0 Å². The first-order valence-electron chi connectivity index (χ1n) is 7.38. The summed E-state index contributed by atoms with van der Waals surface area (Å²) in [6.45, 7) is 5.04. The standard InChI is InChI=1S/C14H29N3/c1-16-10-5-6-14(12-16)17(2)11-4-3-9-15-13-7-8-13/h13-15H,3-12H2,1-2H3. The smallest absolute Gasteiger partial charge is 0.0220 e. The Labute approximate surface area is 107 Å². The second-order valence-corrected chi connectivity index (χ2v) is 5.97. The van der Waals surface area contributed by atoms with Crippen LogP contribution in [0.15, 0.2) is 0 Å². The summed E-state index contributed by atoms with van der Waals surface area (Å²) in [5.74, 6) is 0. The highest BCUT2D eigenvalue weighted by Crippen LogP contribution is 2.18. The SMILES string of the molecule is CN1CCCC(N(C)CCCCNC2CC2)C1. The molecule has 0 radical (unpaired) electrons. The zero-order valence-electron chi connectivity index (χ0n) is 11.6. The second-order valence-electron chi connectivity index (χ2n) is 5.97. The van der Waals surface area contributed by atoms with Crippen LogP contribution in [0.4, 0.5) is 0 Å². The fraction of sp³-hybridized carbons (Fsp3) is 1.00. The molecule has 3 heteroatoms. The summed E-state index contributed by atoms with van der Waals surface area (Å²) in [6, 6.07) is 1.67. The maximum Gasteiger partial charge on any atom is 0.0220 e. The first-order chi connectivity index (χ1) is 8.25. The Balaban J connectivity index is 1.51. The lowest BCUT2D eigenvalue weighted by Crippen LogP contribution is -2.45. The van der Waals surface area contributed by atoms with Gasteiger partial charge in [0.1, 0.15) is 0 Å². The highest BCUT2D eigenvalue weighted by atomic mass is 15.2. The van der Waals surface area contributed by atoms with Crippen LogP contribution in [0, 0.1) is 0 Å². The number of hydrogen-bond donors (Lipinski definition) is 1. The Morgan fingerprint density at radius 2 is 2.06 bits per heavy atom. The summed E-state index contributed by atoms with van der Waals surface area (Å²) in [5, 5.41) is 3.59. The first-order valence-corrected chi connectivity index (χ1v) is 7.38. The second kappa shape index (κ2) is 6.72. The Morgan fingerprint density at radius 3 is 2.76 bits per heavy atom. The number of likely N-dealkylation sites (N-methyl/N-ethyl adjacent to an activating group) is 2. The number of hydrogen-bond acceptors (Lipinski definition) is 3. The number of nitrogens with one attached hydrogen (secondary N) is 1. The van der Waals surface area contributed by atoms with E-state index in [1.807, 2.05) is 0 Å². The van der Waals surface area contributed by atoms with Gasteiger partial charge in [0.25, 0.3) is 0 Å². The monoisotopic (exact) mass is 239 g/mol. The van der Waals surface area contributed by atoms with E-state index in [9.17, 15) is 0 Å². The largest absolute Gasteiger partial charge is 0.314 e. The molecule has 1 aliphatic heterocycles. The van der Waals surface area contributed by atoms with Gasteiger partial charge >= 0.3 is 0 Å². The molecule has 0 aromatic heterocycles. The lowest BCUT2D eigenvalue weighted by molar-refractivity contribution is 0.133. The third-order valence-corrected chi connectivity index (χ3v) is 4.17. The van der Waals surface area contributed by atoms with Crippen molar-refractivity contribution < 1.29 is 0 Å². The average Bonchev–Trinajstić information content (AvgIpc) is 3.12. The van der Waals surface area contributed by atoms with Crippen molar-refractivity contribution >= 4 is 0 Å². The van der Waals surface area contributed by atoms with E-state index in [2.05, 4.69) is 29.2 Å². The van der Waals surface area contributed by atoms with Gasteiger partial charge in [-0.3, -0.25) is 0 Å². The van der Waals surface area contributed by atoms with E-state index in [1.54, 1.807) is 0 Å². The van der Waals surface area contributed by atoms with Crippen molar-refractivity contribution in [1.82, 2.24) is 15.1 Å². The minimum absolute atomic E-state index is 0.796. The van der Waals surface area contributed by atoms with E-state index >= 15 is 0 Å². The lowest BCUT2D eigenvalue weighted by atomic mass is 10.0. The predicted molar refractivity (Wildman–Crippen MR) is 73.4 cm³/mol. The van der Waals surface area contributed by atoms with Gasteiger partial charge in [-0.25, -0.2) is 0 Å². The van der Waals surface area contributed by atoms with Crippen molar-refractivity contribution in [1.29, 1.82) is 0 Å². The van der Waals surface area contributed by atoms with Crippen LogP contribution in [0.5, 0.6) is 0 Å². The van der Waals surface area contributed by atoms with Crippen LogP contribution < -0.4 is 5.32 Å². The summed E-state index contributed by atoms with van der Waals surface area (Å²) >= 11 is 0. The number of unbranched alkanes of at least 4 members (excludes halogenated alkanes) is 1. The van der Waals surface area contributed by atoms with Gasteiger partial charge in [-0.15, -0.1) is 0 Å². The molecule has 17 heavy (non-hydrogen) atoms. The molecule has 2 rings (SSSR count). The highest BCUT2D eigenvalue weighted by Gasteiger charge is 2.21. The van der Waals surface area contributed by atoms with Crippen molar-refractivity contribution in [3.63, 3.8) is 0 Å². The van der Waals surface area contributed by atoms with Crippen LogP contribution in [0.3, 0.4) is 0 Å². The van der Waals surface area contributed by atoms with Crippen LogP contribution in [0.2, 0.25) is 0 Å². The van der Waals surface area contributed by atoms with E-state index in [4.69, 9.17) is 0 Å². The van der Waals surface area contributed by atoms with Gasteiger partial charge in [0.15, 0.2) is 0 Å². The van der Waals surface area contributed by atoms with Crippen molar-refractivity contribution in [3.8, 4) is 0 Å². The number of piperidine rings is 1. The Morgan fingerprint density at radius 1 is 1.24 bits per heavy atom. The molecule has 1 heterocycles. The highest BCUT2D eigenvalue weighted by molar-refractivity contribution is 4.81. The number of likely N-dealkylation sites (tertiary alicyclic amines) is 1. The molecular weight excluding hydrogens is 210 g/mol. The Hall–Kier alpha value is -0.120. The lowest BCUT2D eigenvalue weighted by Gasteiger charge is -2.35. The van der Waals surface area contributed by atoms with E-state index in [-0.39, 0.29) is 0 Å². The normalized spacial score (nSPS) is 26.6. The Kier molecular flexibility index (Phi) is 5.26.